The van der Waals surface area contributed by atoms with E-state index >= 15 is 0 Å². The molecule has 0 fully saturated rings. The van der Waals surface area contributed by atoms with Gasteiger partial charge in [0.25, 0.3) is 0 Å². The number of fused-ring (bicyclic) bond motifs is 1. The SMILES string of the molecule is CCOCCCCNC(=NC)Nc1ccc2c(c1)OCCCO2. The molecule has 1 aromatic rings. The average Bonchev–Trinajstić information content (AvgIpc) is 2.81. The lowest BCUT2D eigenvalue weighted by atomic mass is 10.2. The highest BCUT2D eigenvalue weighted by atomic mass is 16.5. The molecule has 0 aliphatic carbocycles. The van der Waals surface area contributed by atoms with E-state index in [-0.39, 0.29) is 0 Å². The summed E-state index contributed by atoms with van der Waals surface area (Å²) in [6.07, 6.45) is 2.99. The van der Waals surface area contributed by atoms with Crippen LogP contribution in [-0.2, 0) is 4.74 Å². The minimum atomic E-state index is 0.684. The molecule has 1 aliphatic heterocycles. The van der Waals surface area contributed by atoms with Crippen LogP contribution in [-0.4, -0.2) is 46.0 Å². The van der Waals surface area contributed by atoms with Gasteiger partial charge in [-0.2, -0.15) is 0 Å². The first-order chi connectivity index (χ1) is 11.3. The molecule has 0 saturated carbocycles. The Balaban J connectivity index is 1.81. The summed E-state index contributed by atoms with van der Waals surface area (Å²) in [5, 5.41) is 6.57. The standard InChI is InChI=1S/C17H27N3O3/c1-3-21-10-5-4-9-19-17(18-2)20-14-7-8-15-16(13-14)23-12-6-11-22-15/h7-8,13H,3-6,9-12H2,1-2H3,(H2,18,19,20). The zero-order valence-electron chi connectivity index (χ0n) is 14.1. The van der Waals surface area contributed by atoms with Gasteiger partial charge in [-0.25, -0.2) is 0 Å². The molecule has 1 heterocycles. The van der Waals surface area contributed by atoms with Gasteiger partial charge in [0.1, 0.15) is 0 Å². The van der Waals surface area contributed by atoms with E-state index in [4.69, 9.17) is 14.2 Å². The molecule has 0 aromatic heterocycles. The van der Waals surface area contributed by atoms with Crippen molar-refractivity contribution in [3.63, 3.8) is 0 Å². The van der Waals surface area contributed by atoms with Crippen molar-refractivity contribution < 1.29 is 14.2 Å². The largest absolute Gasteiger partial charge is 0.490 e. The minimum Gasteiger partial charge on any atom is -0.490 e. The Bertz CT molecular complexity index is 506. The molecule has 2 rings (SSSR count). The van der Waals surface area contributed by atoms with Crippen LogP contribution in [0, 0.1) is 0 Å². The molecule has 0 unspecified atom stereocenters. The first-order valence-electron chi connectivity index (χ1n) is 8.28. The van der Waals surface area contributed by atoms with E-state index in [2.05, 4.69) is 15.6 Å². The summed E-state index contributed by atoms with van der Waals surface area (Å²) < 4.78 is 16.7. The van der Waals surface area contributed by atoms with Gasteiger partial charge in [-0.1, -0.05) is 0 Å². The third kappa shape index (κ3) is 5.98. The van der Waals surface area contributed by atoms with Gasteiger partial charge in [-0.3, -0.25) is 4.99 Å². The molecular formula is C17H27N3O3. The molecule has 0 atom stereocenters. The normalized spacial score (nSPS) is 14.3. The van der Waals surface area contributed by atoms with Crippen molar-refractivity contribution in [2.45, 2.75) is 26.2 Å². The number of anilines is 1. The zero-order valence-corrected chi connectivity index (χ0v) is 14.1. The summed E-state index contributed by atoms with van der Waals surface area (Å²) in [5.41, 5.74) is 0.927. The highest BCUT2D eigenvalue weighted by Gasteiger charge is 2.11. The van der Waals surface area contributed by atoms with E-state index in [0.29, 0.717) is 13.2 Å². The van der Waals surface area contributed by atoms with Crippen LogP contribution in [0.1, 0.15) is 26.2 Å². The van der Waals surface area contributed by atoms with E-state index in [9.17, 15) is 0 Å². The lowest BCUT2D eigenvalue weighted by molar-refractivity contribution is 0.143. The van der Waals surface area contributed by atoms with Crippen molar-refractivity contribution in [2.24, 2.45) is 4.99 Å². The van der Waals surface area contributed by atoms with E-state index in [1.807, 2.05) is 25.1 Å². The number of nitrogens with zero attached hydrogens (tertiary/aromatic N) is 1. The van der Waals surface area contributed by atoms with Gasteiger partial charge < -0.3 is 24.8 Å². The summed E-state index contributed by atoms with van der Waals surface area (Å²) in [5.74, 6) is 2.32. The van der Waals surface area contributed by atoms with Crippen molar-refractivity contribution in [1.29, 1.82) is 0 Å². The lowest BCUT2D eigenvalue weighted by Crippen LogP contribution is -2.31. The second kappa shape index (κ2) is 9.94. The fourth-order valence-corrected chi connectivity index (χ4v) is 2.24. The zero-order chi connectivity index (χ0) is 16.3. The third-order valence-corrected chi connectivity index (χ3v) is 3.45. The first kappa shape index (κ1) is 17.4. The average molecular weight is 321 g/mol. The molecule has 1 aliphatic rings. The Kier molecular flexibility index (Phi) is 7.52. The molecule has 0 bridgehead atoms. The van der Waals surface area contributed by atoms with Gasteiger partial charge >= 0.3 is 0 Å². The molecule has 0 amide bonds. The maximum atomic E-state index is 5.70. The molecule has 0 saturated heterocycles. The summed E-state index contributed by atoms with van der Waals surface area (Å²) >= 11 is 0. The number of aliphatic imine (C=N–C) groups is 1. The van der Waals surface area contributed by atoms with Crippen LogP contribution < -0.4 is 20.1 Å². The van der Waals surface area contributed by atoms with Crippen LogP contribution in [0.3, 0.4) is 0 Å². The Hall–Kier alpha value is -1.95. The number of guanidine groups is 1. The molecule has 0 radical (unpaired) electrons. The third-order valence-electron chi connectivity index (χ3n) is 3.45. The van der Waals surface area contributed by atoms with Crippen LogP contribution in [0.5, 0.6) is 11.5 Å². The minimum absolute atomic E-state index is 0.684. The Labute approximate surface area is 138 Å². The van der Waals surface area contributed by atoms with Gasteiger partial charge in [0, 0.05) is 45.0 Å². The number of hydrogen-bond donors (Lipinski definition) is 2. The summed E-state index contributed by atoms with van der Waals surface area (Å²) in [6.45, 7) is 5.85. The van der Waals surface area contributed by atoms with Crippen LogP contribution >= 0.6 is 0 Å². The quantitative estimate of drug-likeness (QED) is 0.459. The van der Waals surface area contributed by atoms with E-state index in [1.54, 1.807) is 7.05 Å². The maximum absolute atomic E-state index is 5.70. The van der Waals surface area contributed by atoms with Crippen molar-refractivity contribution in [3.05, 3.63) is 18.2 Å². The summed E-state index contributed by atoms with van der Waals surface area (Å²) in [6, 6.07) is 5.84. The van der Waals surface area contributed by atoms with E-state index in [0.717, 1.165) is 62.2 Å². The number of ether oxygens (including phenoxy) is 3. The molecule has 0 spiro atoms. The second-order valence-electron chi connectivity index (χ2n) is 5.24. The van der Waals surface area contributed by atoms with Crippen LogP contribution in [0.2, 0.25) is 0 Å². The predicted molar refractivity (Wildman–Crippen MR) is 92.8 cm³/mol. The Morgan fingerprint density at radius 2 is 2.04 bits per heavy atom. The van der Waals surface area contributed by atoms with Crippen LogP contribution in [0.25, 0.3) is 0 Å². The molecule has 1 aromatic carbocycles. The smallest absolute Gasteiger partial charge is 0.195 e. The number of rotatable bonds is 7. The van der Waals surface area contributed by atoms with Gasteiger partial charge in [0.05, 0.1) is 13.2 Å². The van der Waals surface area contributed by atoms with Gasteiger partial charge in [0.2, 0.25) is 0 Å². The molecule has 23 heavy (non-hydrogen) atoms. The van der Waals surface area contributed by atoms with Gasteiger partial charge in [-0.15, -0.1) is 0 Å². The summed E-state index contributed by atoms with van der Waals surface area (Å²) in [7, 11) is 1.76. The first-order valence-corrected chi connectivity index (χ1v) is 8.28. The number of hydrogen-bond acceptors (Lipinski definition) is 4. The second-order valence-corrected chi connectivity index (χ2v) is 5.24. The number of unbranched alkanes of at least 4 members (excludes halogenated alkanes) is 1. The van der Waals surface area contributed by atoms with Crippen molar-refractivity contribution in [2.75, 3.05) is 45.3 Å². The highest BCUT2D eigenvalue weighted by Crippen LogP contribution is 2.32. The molecule has 128 valence electrons. The number of nitrogens with one attached hydrogen (secondary N) is 2. The van der Waals surface area contributed by atoms with Crippen molar-refractivity contribution in [3.8, 4) is 11.5 Å². The predicted octanol–water partition coefficient (Wildman–Crippen LogP) is 2.65. The summed E-state index contributed by atoms with van der Waals surface area (Å²) in [4.78, 5) is 4.24. The fourth-order valence-electron chi connectivity index (χ4n) is 2.24. The molecular weight excluding hydrogens is 294 g/mol. The van der Waals surface area contributed by atoms with Crippen molar-refractivity contribution >= 4 is 11.6 Å². The monoisotopic (exact) mass is 321 g/mol. The van der Waals surface area contributed by atoms with E-state index < -0.39 is 0 Å². The highest BCUT2D eigenvalue weighted by molar-refractivity contribution is 5.93. The molecule has 2 N–H and O–H groups in total. The molecule has 6 nitrogen and oxygen atoms in total. The van der Waals surface area contributed by atoms with E-state index in [1.165, 1.54) is 0 Å². The lowest BCUT2D eigenvalue weighted by Gasteiger charge is -2.14. The molecule has 6 heteroatoms. The Morgan fingerprint density at radius 1 is 1.22 bits per heavy atom. The topological polar surface area (TPSA) is 64.1 Å². The van der Waals surface area contributed by atoms with Crippen LogP contribution in [0.15, 0.2) is 23.2 Å². The van der Waals surface area contributed by atoms with Crippen molar-refractivity contribution in [1.82, 2.24) is 5.32 Å². The Morgan fingerprint density at radius 3 is 2.83 bits per heavy atom. The van der Waals surface area contributed by atoms with Crippen LogP contribution in [0.4, 0.5) is 5.69 Å². The fraction of sp³-hybridized carbons (Fsp3) is 0.588. The van der Waals surface area contributed by atoms with Gasteiger partial charge in [0.15, 0.2) is 17.5 Å². The number of benzene rings is 1. The maximum Gasteiger partial charge on any atom is 0.195 e. The van der Waals surface area contributed by atoms with Gasteiger partial charge in [-0.05, 0) is 31.9 Å².